The smallest absolute Gasteiger partial charge is 0.348 e. The highest BCUT2D eigenvalue weighted by molar-refractivity contribution is 9.10. The molecule has 0 saturated carbocycles. The quantitative estimate of drug-likeness (QED) is 0.0997. The Labute approximate surface area is 300 Å². The number of halogens is 1. The van der Waals surface area contributed by atoms with Crippen molar-refractivity contribution in [2.45, 2.75) is 25.2 Å². The summed E-state index contributed by atoms with van der Waals surface area (Å²) in [6.45, 7) is 6.99. The summed E-state index contributed by atoms with van der Waals surface area (Å²) in [6, 6.07) is 23.7. The lowest BCUT2D eigenvalue weighted by Crippen LogP contribution is -2.49. The van der Waals surface area contributed by atoms with Crippen LogP contribution in [0.1, 0.15) is 37.4 Å². The van der Waals surface area contributed by atoms with Gasteiger partial charge in [-0.25, -0.2) is 4.79 Å². The normalized spacial score (nSPS) is 13.9. The van der Waals surface area contributed by atoms with Crippen LogP contribution in [0.2, 0.25) is 0 Å². The van der Waals surface area contributed by atoms with Crippen molar-refractivity contribution in [2.24, 2.45) is 0 Å². The van der Waals surface area contributed by atoms with E-state index in [0.29, 0.717) is 55.5 Å². The van der Waals surface area contributed by atoms with E-state index in [1.165, 1.54) is 22.7 Å². The number of carbonyl (C=O) groups is 2. The second kappa shape index (κ2) is 15.3. The number of methoxy groups -OCH3 is 1. The number of nitrogens with zero attached hydrogens (tertiary/aromatic N) is 3. The van der Waals surface area contributed by atoms with Gasteiger partial charge in [0.1, 0.15) is 32.6 Å². The Kier molecular flexibility index (Phi) is 11.0. The number of hydrogen-bond acceptors (Lipinski definition) is 9. The van der Waals surface area contributed by atoms with Crippen LogP contribution in [0.5, 0.6) is 5.75 Å². The summed E-state index contributed by atoms with van der Waals surface area (Å²) in [4.78, 5) is 31.9. The molecule has 1 atom stereocenters. The van der Waals surface area contributed by atoms with Gasteiger partial charge in [0.05, 0.1) is 25.9 Å². The van der Waals surface area contributed by atoms with Gasteiger partial charge in [-0.1, -0.05) is 24.3 Å². The molecule has 0 bridgehead atoms. The van der Waals surface area contributed by atoms with Crippen molar-refractivity contribution in [3.8, 4) is 5.75 Å². The molecule has 8 nitrogen and oxygen atoms in total. The van der Waals surface area contributed by atoms with E-state index in [-0.39, 0.29) is 11.9 Å². The van der Waals surface area contributed by atoms with Gasteiger partial charge in [-0.15, -0.1) is 22.7 Å². The number of thiophene rings is 2. The van der Waals surface area contributed by atoms with Crippen molar-refractivity contribution in [1.29, 1.82) is 0 Å². The molecule has 2 aromatic heterocycles. The average molecular weight is 767 g/mol. The number of hydrogen-bond donors (Lipinski definition) is 0. The number of aryl methyl sites for hydroxylation is 1. The minimum absolute atomic E-state index is 0.0391. The Morgan fingerprint density at radius 3 is 2.44 bits per heavy atom. The van der Waals surface area contributed by atoms with E-state index in [1.807, 2.05) is 88.2 Å². The molecule has 250 valence electrons. The first-order valence-corrected chi connectivity index (χ1v) is 19.3. The molecule has 0 N–H and O–H groups in total. The number of benzene rings is 3. The molecule has 12 heteroatoms. The number of fused-ring (bicyclic) bond motifs is 1. The molecule has 5 aromatic rings. The molecule has 0 spiro atoms. The molecule has 3 heterocycles. The molecule has 1 saturated heterocycles. The first-order valence-electron chi connectivity index (χ1n) is 15.7. The van der Waals surface area contributed by atoms with E-state index in [1.54, 1.807) is 14.0 Å². The maximum absolute atomic E-state index is 14.7. The first-order chi connectivity index (χ1) is 23.3. The maximum atomic E-state index is 14.7. The van der Waals surface area contributed by atoms with Crippen LogP contribution in [-0.2, 0) is 22.5 Å². The highest BCUT2D eigenvalue weighted by atomic mass is 79.9. The monoisotopic (exact) mass is 765 g/mol. The Morgan fingerprint density at radius 2 is 1.75 bits per heavy atom. The summed E-state index contributed by atoms with van der Waals surface area (Å²) in [5, 5.41) is 2.82. The third-order valence-corrected chi connectivity index (χ3v) is 12.9. The van der Waals surface area contributed by atoms with Gasteiger partial charge < -0.3 is 23.8 Å². The predicted octanol–water partition coefficient (Wildman–Crippen LogP) is 7.95. The lowest BCUT2D eigenvalue weighted by atomic mass is 10.1. The van der Waals surface area contributed by atoms with Crippen molar-refractivity contribution >= 4 is 83.3 Å². The maximum Gasteiger partial charge on any atom is 0.348 e. The fourth-order valence-electron chi connectivity index (χ4n) is 5.83. The van der Waals surface area contributed by atoms with E-state index >= 15 is 0 Å². The standard InChI is InChI=1S/C36H36BrN3O5S3/c1-4-45-36(42)33-24(2)28-23-27(13-14-32(28)47-33)48(43)40(17-15-25-9-11-26(44-3)12-10-25)31-8-6-5-7-30(31)38-18-20-39(21-19-38)35(41)34-29(37)16-22-46-34/h5-14,16,22-23H,4,15,17-21H2,1-3H3. The Morgan fingerprint density at radius 1 is 1.00 bits per heavy atom. The van der Waals surface area contributed by atoms with Gasteiger partial charge >= 0.3 is 5.97 Å². The third-order valence-electron chi connectivity index (χ3n) is 8.40. The molecule has 6 rings (SSSR count). The highest BCUT2D eigenvalue weighted by Gasteiger charge is 2.31. The largest absolute Gasteiger partial charge is 0.588 e. The van der Waals surface area contributed by atoms with E-state index in [0.717, 1.165) is 47.7 Å². The predicted molar refractivity (Wildman–Crippen MR) is 200 cm³/mol. The summed E-state index contributed by atoms with van der Waals surface area (Å²) in [7, 11) is 1.65. The van der Waals surface area contributed by atoms with Crippen LogP contribution in [0.25, 0.3) is 10.1 Å². The van der Waals surface area contributed by atoms with Crippen molar-refractivity contribution in [1.82, 2.24) is 4.90 Å². The van der Waals surface area contributed by atoms with Gasteiger partial charge in [-0.3, -0.25) is 4.79 Å². The van der Waals surface area contributed by atoms with Gasteiger partial charge in [0.25, 0.3) is 5.91 Å². The molecule has 1 amide bonds. The number of ether oxygens (including phenoxy) is 2. The minimum atomic E-state index is -1.57. The van der Waals surface area contributed by atoms with Crippen LogP contribution < -0.4 is 13.9 Å². The molecule has 3 aromatic carbocycles. The minimum Gasteiger partial charge on any atom is -0.588 e. The van der Waals surface area contributed by atoms with Crippen molar-refractivity contribution < 1.29 is 23.6 Å². The number of para-hydroxylation sites is 2. The lowest BCUT2D eigenvalue weighted by Gasteiger charge is -2.38. The van der Waals surface area contributed by atoms with E-state index in [9.17, 15) is 14.1 Å². The number of carbonyl (C=O) groups excluding carboxylic acids is 2. The molecule has 1 aliphatic rings. The number of anilines is 2. The van der Waals surface area contributed by atoms with Gasteiger partial charge in [0.2, 0.25) is 0 Å². The van der Waals surface area contributed by atoms with E-state index < -0.39 is 11.4 Å². The molecular formula is C36H36BrN3O5S3. The van der Waals surface area contributed by atoms with Gasteiger partial charge in [0, 0.05) is 46.8 Å². The molecule has 1 unspecified atom stereocenters. The van der Waals surface area contributed by atoms with Crippen LogP contribution in [-0.4, -0.2) is 67.8 Å². The van der Waals surface area contributed by atoms with Crippen LogP contribution >= 0.6 is 38.6 Å². The zero-order chi connectivity index (χ0) is 33.8. The third kappa shape index (κ3) is 7.23. The highest BCUT2D eigenvalue weighted by Crippen LogP contribution is 2.37. The first kappa shape index (κ1) is 34.3. The van der Waals surface area contributed by atoms with Crippen LogP contribution in [0.15, 0.2) is 87.5 Å². The number of piperazine rings is 1. The summed E-state index contributed by atoms with van der Waals surface area (Å²) >= 11 is 4.77. The molecule has 1 aliphatic heterocycles. The Hall–Kier alpha value is -3.55. The van der Waals surface area contributed by atoms with Crippen molar-refractivity contribution in [2.75, 3.05) is 55.6 Å². The molecular weight excluding hydrogens is 731 g/mol. The second-order valence-corrected chi connectivity index (χ2v) is 15.5. The number of esters is 1. The zero-order valence-electron chi connectivity index (χ0n) is 26.9. The number of amides is 1. The van der Waals surface area contributed by atoms with Gasteiger partial charge in [-0.05, 0) is 95.2 Å². The number of rotatable bonds is 11. The molecule has 1 fully saturated rings. The van der Waals surface area contributed by atoms with Crippen LogP contribution in [0.3, 0.4) is 0 Å². The van der Waals surface area contributed by atoms with E-state index in [2.05, 4.69) is 26.9 Å². The summed E-state index contributed by atoms with van der Waals surface area (Å²) in [5.41, 5.74) is 3.77. The van der Waals surface area contributed by atoms with Gasteiger partial charge in [-0.2, -0.15) is 4.31 Å². The average Bonchev–Trinajstić information content (AvgIpc) is 3.70. The van der Waals surface area contributed by atoms with Crippen LogP contribution in [0, 0.1) is 6.92 Å². The fraction of sp³-hybridized carbons (Fsp3) is 0.278. The van der Waals surface area contributed by atoms with Crippen molar-refractivity contribution in [3.63, 3.8) is 0 Å². The fourth-order valence-corrected chi connectivity index (χ4v) is 9.66. The van der Waals surface area contributed by atoms with Crippen molar-refractivity contribution in [3.05, 3.63) is 104 Å². The molecule has 48 heavy (non-hydrogen) atoms. The van der Waals surface area contributed by atoms with E-state index in [4.69, 9.17) is 9.47 Å². The molecule has 0 aliphatic carbocycles. The SMILES string of the molecule is CCOC(=O)c1sc2ccc([S+]([O-])N(CCc3ccc(OC)cc3)c3ccccc3N3CCN(C(=O)c4sccc4Br)CC3)cc2c1C. The summed E-state index contributed by atoms with van der Waals surface area (Å²) in [6.07, 6.45) is 0.661. The second-order valence-electron chi connectivity index (χ2n) is 11.2. The Balaban J connectivity index is 1.30. The Bertz CT molecular complexity index is 1900. The topological polar surface area (TPSA) is 85.4 Å². The van der Waals surface area contributed by atoms with Gasteiger partial charge in [0.15, 0.2) is 4.90 Å². The lowest BCUT2D eigenvalue weighted by molar-refractivity contribution is 0.0531. The summed E-state index contributed by atoms with van der Waals surface area (Å²) < 4.78 is 29.0. The molecule has 0 radical (unpaired) electrons. The summed E-state index contributed by atoms with van der Waals surface area (Å²) in [5.74, 6) is 0.492. The van der Waals surface area contributed by atoms with Crippen LogP contribution in [0.4, 0.5) is 11.4 Å². The zero-order valence-corrected chi connectivity index (χ0v) is 31.0.